The van der Waals surface area contributed by atoms with Gasteiger partial charge in [-0.2, -0.15) is 0 Å². The minimum Gasteiger partial charge on any atom is -0.341 e. The van der Waals surface area contributed by atoms with Crippen molar-refractivity contribution in [3.63, 3.8) is 0 Å². The van der Waals surface area contributed by atoms with Crippen LogP contribution in [0.15, 0.2) is 0 Å². The number of carbonyl (C=O) groups is 2. The zero-order valence-corrected chi connectivity index (χ0v) is 12.7. The van der Waals surface area contributed by atoms with Gasteiger partial charge in [0.1, 0.15) is 0 Å². The average Bonchev–Trinajstić information content (AvgIpc) is 2.66. The smallest absolute Gasteiger partial charge is 0.225 e. The van der Waals surface area contributed by atoms with Gasteiger partial charge in [0.25, 0.3) is 0 Å². The van der Waals surface area contributed by atoms with Gasteiger partial charge in [0.15, 0.2) is 0 Å². The highest BCUT2D eigenvalue weighted by Gasteiger charge is 2.25. The van der Waals surface area contributed by atoms with E-state index in [9.17, 15) is 9.59 Å². The highest BCUT2D eigenvalue weighted by molar-refractivity contribution is 5.79. The van der Waals surface area contributed by atoms with E-state index in [1.165, 1.54) is 0 Å². The SMILES string of the molecule is CCCC(=O)N1CCCN(C(=O)C(CC)CC)CC1. The molecule has 0 saturated carbocycles. The van der Waals surface area contributed by atoms with Crippen molar-refractivity contribution in [3.8, 4) is 0 Å². The Kier molecular flexibility index (Phi) is 6.89. The summed E-state index contributed by atoms with van der Waals surface area (Å²) in [4.78, 5) is 28.1. The van der Waals surface area contributed by atoms with E-state index in [4.69, 9.17) is 0 Å². The van der Waals surface area contributed by atoms with Crippen LogP contribution in [0.1, 0.15) is 52.9 Å². The summed E-state index contributed by atoms with van der Waals surface area (Å²) in [5.41, 5.74) is 0. The summed E-state index contributed by atoms with van der Waals surface area (Å²) in [6, 6.07) is 0. The summed E-state index contributed by atoms with van der Waals surface area (Å²) >= 11 is 0. The molecule has 0 aromatic carbocycles. The molecular formula is C15H28N2O2. The molecule has 1 rings (SSSR count). The van der Waals surface area contributed by atoms with Gasteiger partial charge in [-0.05, 0) is 25.7 Å². The predicted molar refractivity (Wildman–Crippen MR) is 76.8 cm³/mol. The van der Waals surface area contributed by atoms with Crippen LogP contribution in [0, 0.1) is 5.92 Å². The number of carbonyl (C=O) groups excluding carboxylic acids is 2. The Morgan fingerprint density at radius 2 is 1.53 bits per heavy atom. The first-order valence-electron chi connectivity index (χ1n) is 7.70. The molecule has 0 spiro atoms. The molecule has 0 aliphatic carbocycles. The lowest BCUT2D eigenvalue weighted by Gasteiger charge is -2.25. The van der Waals surface area contributed by atoms with E-state index >= 15 is 0 Å². The molecule has 0 aromatic heterocycles. The van der Waals surface area contributed by atoms with Crippen LogP contribution >= 0.6 is 0 Å². The fourth-order valence-electron chi connectivity index (χ4n) is 2.66. The number of hydrogen-bond acceptors (Lipinski definition) is 2. The van der Waals surface area contributed by atoms with Crippen LogP contribution in [-0.4, -0.2) is 47.8 Å². The summed E-state index contributed by atoms with van der Waals surface area (Å²) in [6.45, 7) is 9.16. The first-order chi connectivity index (χ1) is 9.13. The second-order valence-electron chi connectivity index (χ2n) is 5.32. The van der Waals surface area contributed by atoms with Crippen molar-refractivity contribution in [2.24, 2.45) is 5.92 Å². The van der Waals surface area contributed by atoms with E-state index in [-0.39, 0.29) is 17.7 Å². The molecule has 1 aliphatic rings. The average molecular weight is 268 g/mol. The lowest BCUT2D eigenvalue weighted by molar-refractivity contribution is -0.136. The first-order valence-corrected chi connectivity index (χ1v) is 7.70. The third kappa shape index (κ3) is 4.51. The lowest BCUT2D eigenvalue weighted by Crippen LogP contribution is -2.39. The molecule has 110 valence electrons. The molecule has 1 saturated heterocycles. The predicted octanol–water partition coefficient (Wildman–Crippen LogP) is 2.28. The Balaban J connectivity index is 2.54. The highest BCUT2D eigenvalue weighted by Crippen LogP contribution is 2.14. The summed E-state index contributed by atoms with van der Waals surface area (Å²) in [7, 11) is 0. The molecule has 0 aromatic rings. The molecule has 0 unspecified atom stereocenters. The van der Waals surface area contributed by atoms with E-state index < -0.39 is 0 Å². The summed E-state index contributed by atoms with van der Waals surface area (Å²) in [5, 5.41) is 0. The fraction of sp³-hybridized carbons (Fsp3) is 0.867. The zero-order chi connectivity index (χ0) is 14.3. The molecule has 0 N–H and O–H groups in total. The normalized spacial score (nSPS) is 16.6. The third-order valence-corrected chi connectivity index (χ3v) is 3.96. The van der Waals surface area contributed by atoms with Crippen LogP contribution in [-0.2, 0) is 9.59 Å². The van der Waals surface area contributed by atoms with Gasteiger partial charge in [-0.1, -0.05) is 20.8 Å². The molecule has 19 heavy (non-hydrogen) atoms. The van der Waals surface area contributed by atoms with E-state index in [0.29, 0.717) is 19.5 Å². The van der Waals surface area contributed by atoms with Crippen molar-refractivity contribution in [3.05, 3.63) is 0 Å². The standard InChI is InChI=1S/C15H28N2O2/c1-4-8-14(18)16-9-7-10-17(12-11-16)15(19)13(5-2)6-3/h13H,4-12H2,1-3H3. The molecule has 0 bridgehead atoms. The van der Waals surface area contributed by atoms with Gasteiger partial charge in [0.05, 0.1) is 0 Å². The third-order valence-electron chi connectivity index (χ3n) is 3.96. The summed E-state index contributed by atoms with van der Waals surface area (Å²) < 4.78 is 0. The number of amides is 2. The van der Waals surface area contributed by atoms with Crippen molar-refractivity contribution in [1.29, 1.82) is 0 Å². The van der Waals surface area contributed by atoms with Gasteiger partial charge in [0, 0.05) is 38.5 Å². The minimum atomic E-state index is 0.151. The Bertz CT molecular complexity index is 301. The number of rotatable bonds is 5. The van der Waals surface area contributed by atoms with Crippen molar-refractivity contribution in [2.75, 3.05) is 26.2 Å². The van der Waals surface area contributed by atoms with E-state index in [1.54, 1.807) is 0 Å². The summed E-state index contributed by atoms with van der Waals surface area (Å²) in [5.74, 6) is 0.659. The van der Waals surface area contributed by atoms with Crippen molar-refractivity contribution in [1.82, 2.24) is 9.80 Å². The maximum Gasteiger partial charge on any atom is 0.225 e. The Morgan fingerprint density at radius 1 is 0.947 bits per heavy atom. The van der Waals surface area contributed by atoms with Crippen LogP contribution in [0.2, 0.25) is 0 Å². The Labute approximate surface area is 117 Å². The molecule has 0 atom stereocenters. The molecule has 4 heteroatoms. The second kappa shape index (κ2) is 8.18. The van der Waals surface area contributed by atoms with Gasteiger partial charge in [0.2, 0.25) is 11.8 Å². The largest absolute Gasteiger partial charge is 0.341 e. The van der Waals surface area contributed by atoms with Crippen LogP contribution in [0.5, 0.6) is 0 Å². The van der Waals surface area contributed by atoms with Crippen LogP contribution in [0.25, 0.3) is 0 Å². The molecule has 2 amide bonds. The molecular weight excluding hydrogens is 240 g/mol. The second-order valence-corrected chi connectivity index (χ2v) is 5.32. The van der Waals surface area contributed by atoms with Gasteiger partial charge < -0.3 is 9.80 Å². The minimum absolute atomic E-state index is 0.151. The Hall–Kier alpha value is -1.06. The maximum atomic E-state index is 12.3. The van der Waals surface area contributed by atoms with Gasteiger partial charge >= 0.3 is 0 Å². The highest BCUT2D eigenvalue weighted by atomic mass is 16.2. The topological polar surface area (TPSA) is 40.6 Å². The quantitative estimate of drug-likeness (QED) is 0.767. The lowest BCUT2D eigenvalue weighted by atomic mass is 10.0. The van der Waals surface area contributed by atoms with Crippen molar-refractivity contribution >= 4 is 11.8 Å². The molecule has 4 nitrogen and oxygen atoms in total. The maximum absolute atomic E-state index is 12.3. The van der Waals surface area contributed by atoms with Crippen LogP contribution < -0.4 is 0 Å². The van der Waals surface area contributed by atoms with E-state index in [2.05, 4.69) is 13.8 Å². The van der Waals surface area contributed by atoms with E-state index in [1.807, 2.05) is 16.7 Å². The zero-order valence-electron chi connectivity index (χ0n) is 12.7. The van der Waals surface area contributed by atoms with E-state index in [0.717, 1.165) is 38.8 Å². The molecule has 1 heterocycles. The van der Waals surface area contributed by atoms with Gasteiger partial charge in [-0.3, -0.25) is 9.59 Å². The van der Waals surface area contributed by atoms with Gasteiger partial charge in [-0.25, -0.2) is 0 Å². The fourth-order valence-corrected chi connectivity index (χ4v) is 2.66. The molecule has 0 radical (unpaired) electrons. The summed E-state index contributed by atoms with van der Waals surface area (Å²) in [6.07, 6.45) is 4.24. The monoisotopic (exact) mass is 268 g/mol. The molecule has 1 aliphatic heterocycles. The van der Waals surface area contributed by atoms with Crippen LogP contribution in [0.4, 0.5) is 0 Å². The first kappa shape index (κ1) is 16.0. The van der Waals surface area contributed by atoms with Gasteiger partial charge in [-0.15, -0.1) is 0 Å². The van der Waals surface area contributed by atoms with Crippen molar-refractivity contribution < 1.29 is 9.59 Å². The van der Waals surface area contributed by atoms with Crippen LogP contribution in [0.3, 0.4) is 0 Å². The molecule has 1 fully saturated rings. The number of nitrogens with zero attached hydrogens (tertiary/aromatic N) is 2. The van der Waals surface area contributed by atoms with Crippen molar-refractivity contribution in [2.45, 2.75) is 52.9 Å². The Morgan fingerprint density at radius 3 is 2.11 bits per heavy atom. The number of hydrogen-bond donors (Lipinski definition) is 0.